The van der Waals surface area contributed by atoms with E-state index in [9.17, 15) is 13.2 Å². The highest BCUT2D eigenvalue weighted by Crippen LogP contribution is 2.24. The van der Waals surface area contributed by atoms with Crippen molar-refractivity contribution >= 4 is 21.7 Å². The van der Waals surface area contributed by atoms with Gasteiger partial charge in [0.05, 0.1) is 17.2 Å². The van der Waals surface area contributed by atoms with Gasteiger partial charge in [-0.3, -0.25) is 4.72 Å². The van der Waals surface area contributed by atoms with E-state index in [1.54, 1.807) is 6.92 Å². The van der Waals surface area contributed by atoms with Gasteiger partial charge in [-0.1, -0.05) is 18.2 Å². The highest BCUT2D eigenvalue weighted by atomic mass is 32.2. The lowest BCUT2D eigenvalue weighted by Crippen LogP contribution is -2.15. The number of para-hydroxylation sites is 1. The van der Waals surface area contributed by atoms with Crippen LogP contribution in [0.5, 0.6) is 5.75 Å². The summed E-state index contributed by atoms with van der Waals surface area (Å²) in [4.78, 5) is 11.4. The summed E-state index contributed by atoms with van der Waals surface area (Å²) in [7, 11) is -3.71. The molecule has 7 heteroatoms. The van der Waals surface area contributed by atoms with Gasteiger partial charge in [-0.25, -0.2) is 13.2 Å². The molecule has 0 aromatic heterocycles. The fourth-order valence-electron chi connectivity index (χ4n) is 2.23. The molecule has 0 aliphatic heterocycles. The highest BCUT2D eigenvalue weighted by Gasteiger charge is 2.16. The third kappa shape index (κ3) is 4.96. The van der Waals surface area contributed by atoms with Crippen LogP contribution >= 0.6 is 0 Å². The van der Waals surface area contributed by atoms with E-state index in [1.165, 1.54) is 24.3 Å². The van der Waals surface area contributed by atoms with Crippen LogP contribution in [0.4, 0.5) is 5.69 Å². The Balaban J connectivity index is 2.11. The summed E-state index contributed by atoms with van der Waals surface area (Å²) in [6, 6.07) is 11.4. The fourth-order valence-corrected chi connectivity index (χ4v) is 3.43. The summed E-state index contributed by atoms with van der Waals surface area (Å²) in [5, 5.41) is 0. The Bertz CT molecular complexity index is 824. The Hall–Kier alpha value is -2.54. The standard InChI is InChI=1S/C18H21NO5S/c1-4-23-17(20)12-24-15-8-10-16(11-9-15)25(21,22)19-18-13(2)6-5-7-14(18)3/h5-11,19H,4,12H2,1-3H3. The third-order valence-electron chi connectivity index (χ3n) is 3.51. The van der Waals surface area contributed by atoms with Crippen LogP contribution in [0, 0.1) is 13.8 Å². The van der Waals surface area contributed by atoms with Crippen molar-refractivity contribution in [3.63, 3.8) is 0 Å². The Kier molecular flexibility index (Phi) is 6.03. The van der Waals surface area contributed by atoms with E-state index in [0.29, 0.717) is 11.4 Å². The molecule has 0 saturated heterocycles. The van der Waals surface area contributed by atoms with Gasteiger partial charge in [-0.2, -0.15) is 0 Å². The van der Waals surface area contributed by atoms with Crippen LogP contribution in [0.2, 0.25) is 0 Å². The summed E-state index contributed by atoms with van der Waals surface area (Å²) in [5.74, 6) is -0.0880. The van der Waals surface area contributed by atoms with Gasteiger partial charge in [0.2, 0.25) is 0 Å². The molecular formula is C18H21NO5S. The molecule has 0 fully saturated rings. The van der Waals surface area contributed by atoms with Crippen molar-refractivity contribution in [2.75, 3.05) is 17.9 Å². The van der Waals surface area contributed by atoms with Crippen molar-refractivity contribution in [3.05, 3.63) is 53.6 Å². The lowest BCUT2D eigenvalue weighted by Gasteiger charge is -2.13. The minimum absolute atomic E-state index is 0.110. The van der Waals surface area contributed by atoms with Crippen LogP contribution in [0.15, 0.2) is 47.4 Å². The van der Waals surface area contributed by atoms with Gasteiger partial charge in [-0.05, 0) is 56.2 Å². The summed E-state index contributed by atoms with van der Waals surface area (Å²) < 4.78 is 37.7. The first-order valence-corrected chi connectivity index (χ1v) is 9.29. The van der Waals surface area contributed by atoms with E-state index in [1.807, 2.05) is 32.0 Å². The number of esters is 1. The van der Waals surface area contributed by atoms with E-state index in [2.05, 4.69) is 4.72 Å². The molecule has 6 nitrogen and oxygen atoms in total. The van der Waals surface area contributed by atoms with Gasteiger partial charge in [0, 0.05) is 0 Å². The summed E-state index contributed by atoms with van der Waals surface area (Å²) in [6.45, 7) is 5.46. The molecule has 25 heavy (non-hydrogen) atoms. The number of carbonyl (C=O) groups excluding carboxylic acids is 1. The number of benzene rings is 2. The third-order valence-corrected chi connectivity index (χ3v) is 4.88. The predicted molar refractivity (Wildman–Crippen MR) is 95.3 cm³/mol. The molecule has 0 atom stereocenters. The first kappa shape index (κ1) is 18.8. The van der Waals surface area contributed by atoms with E-state index < -0.39 is 16.0 Å². The van der Waals surface area contributed by atoms with Gasteiger partial charge in [0.25, 0.3) is 10.0 Å². The number of ether oxygens (including phenoxy) is 2. The van der Waals surface area contributed by atoms with Crippen molar-refractivity contribution in [3.8, 4) is 5.75 Å². The van der Waals surface area contributed by atoms with E-state index >= 15 is 0 Å². The Morgan fingerprint density at radius 3 is 2.20 bits per heavy atom. The van der Waals surface area contributed by atoms with Gasteiger partial charge in [0.15, 0.2) is 6.61 Å². The molecule has 2 rings (SSSR count). The van der Waals surface area contributed by atoms with Crippen molar-refractivity contribution in [2.45, 2.75) is 25.7 Å². The fraction of sp³-hybridized carbons (Fsp3) is 0.278. The zero-order valence-corrected chi connectivity index (χ0v) is 15.2. The van der Waals surface area contributed by atoms with Crippen LogP contribution in [-0.2, 0) is 19.6 Å². The van der Waals surface area contributed by atoms with Crippen molar-refractivity contribution in [1.82, 2.24) is 0 Å². The first-order chi connectivity index (χ1) is 11.8. The van der Waals surface area contributed by atoms with Crippen LogP contribution in [-0.4, -0.2) is 27.6 Å². The molecule has 0 aliphatic rings. The van der Waals surface area contributed by atoms with Crippen LogP contribution in [0.1, 0.15) is 18.1 Å². The maximum atomic E-state index is 12.5. The second-order valence-electron chi connectivity index (χ2n) is 5.44. The predicted octanol–water partition coefficient (Wildman–Crippen LogP) is 3.05. The van der Waals surface area contributed by atoms with Crippen LogP contribution in [0.25, 0.3) is 0 Å². The van der Waals surface area contributed by atoms with E-state index in [0.717, 1.165) is 11.1 Å². The van der Waals surface area contributed by atoms with Crippen LogP contribution in [0.3, 0.4) is 0 Å². The molecule has 0 unspecified atom stereocenters. The minimum Gasteiger partial charge on any atom is -0.482 e. The van der Waals surface area contributed by atoms with Crippen molar-refractivity contribution in [2.24, 2.45) is 0 Å². The molecule has 0 radical (unpaired) electrons. The summed E-state index contributed by atoms with van der Waals surface area (Å²) >= 11 is 0. The number of aryl methyl sites for hydroxylation is 2. The SMILES string of the molecule is CCOC(=O)COc1ccc(S(=O)(=O)Nc2c(C)cccc2C)cc1. The maximum Gasteiger partial charge on any atom is 0.344 e. The average Bonchev–Trinajstić information content (AvgIpc) is 2.57. The number of sulfonamides is 1. The highest BCUT2D eigenvalue weighted by molar-refractivity contribution is 7.92. The quantitative estimate of drug-likeness (QED) is 0.765. The molecule has 0 heterocycles. The van der Waals surface area contributed by atoms with Crippen LogP contribution < -0.4 is 9.46 Å². The molecule has 0 aliphatic carbocycles. The monoisotopic (exact) mass is 363 g/mol. The molecule has 0 saturated carbocycles. The average molecular weight is 363 g/mol. The molecule has 134 valence electrons. The second kappa shape index (κ2) is 8.02. The molecule has 2 aromatic carbocycles. The minimum atomic E-state index is -3.71. The number of carbonyl (C=O) groups is 1. The van der Waals surface area contributed by atoms with Gasteiger partial charge >= 0.3 is 5.97 Å². The second-order valence-corrected chi connectivity index (χ2v) is 7.12. The number of nitrogens with one attached hydrogen (secondary N) is 1. The summed E-state index contributed by atoms with van der Waals surface area (Å²) in [5.41, 5.74) is 2.26. The zero-order chi connectivity index (χ0) is 18.4. The number of hydrogen-bond acceptors (Lipinski definition) is 5. The molecular weight excluding hydrogens is 342 g/mol. The molecule has 0 spiro atoms. The molecule has 0 bridgehead atoms. The largest absolute Gasteiger partial charge is 0.482 e. The maximum absolute atomic E-state index is 12.5. The van der Waals surface area contributed by atoms with E-state index in [-0.39, 0.29) is 18.1 Å². The van der Waals surface area contributed by atoms with E-state index in [4.69, 9.17) is 9.47 Å². The van der Waals surface area contributed by atoms with Gasteiger partial charge in [0.1, 0.15) is 5.75 Å². The van der Waals surface area contributed by atoms with Gasteiger partial charge in [-0.15, -0.1) is 0 Å². The number of rotatable bonds is 7. The topological polar surface area (TPSA) is 81.7 Å². The molecule has 2 aromatic rings. The zero-order valence-electron chi connectivity index (χ0n) is 14.4. The molecule has 1 N–H and O–H groups in total. The number of anilines is 1. The van der Waals surface area contributed by atoms with Gasteiger partial charge < -0.3 is 9.47 Å². The lowest BCUT2D eigenvalue weighted by molar-refractivity contribution is -0.145. The Morgan fingerprint density at radius 2 is 1.64 bits per heavy atom. The number of hydrogen-bond donors (Lipinski definition) is 1. The lowest BCUT2D eigenvalue weighted by atomic mass is 10.1. The van der Waals surface area contributed by atoms with Crippen molar-refractivity contribution < 1.29 is 22.7 Å². The van der Waals surface area contributed by atoms with Crippen molar-refractivity contribution in [1.29, 1.82) is 0 Å². The Morgan fingerprint density at radius 1 is 1.04 bits per heavy atom. The first-order valence-electron chi connectivity index (χ1n) is 7.81. The molecule has 0 amide bonds. The smallest absolute Gasteiger partial charge is 0.344 e. The summed E-state index contributed by atoms with van der Waals surface area (Å²) in [6.07, 6.45) is 0. The Labute approximate surface area is 147 Å². The normalized spacial score (nSPS) is 11.0.